The number of carbonyl (C=O) groups excluding carboxylic acids is 2. The average Bonchev–Trinajstić information content (AvgIpc) is 2.93. The summed E-state index contributed by atoms with van der Waals surface area (Å²) in [6.45, 7) is 1.61. The van der Waals surface area contributed by atoms with Gasteiger partial charge in [-0.05, 0) is 41.6 Å². The molecule has 2 aromatic rings. The number of ketones is 1. The quantitative estimate of drug-likeness (QED) is 0.840. The molecule has 0 spiro atoms. The largest absolute Gasteiger partial charge is 0.416 e. The van der Waals surface area contributed by atoms with E-state index in [9.17, 15) is 22.8 Å². The zero-order valence-electron chi connectivity index (χ0n) is 12.2. The van der Waals surface area contributed by atoms with E-state index in [1.807, 2.05) is 0 Å². The van der Waals surface area contributed by atoms with Crippen molar-refractivity contribution >= 4 is 23.0 Å². The highest BCUT2D eigenvalue weighted by atomic mass is 32.1. The van der Waals surface area contributed by atoms with Gasteiger partial charge in [-0.15, -0.1) is 11.3 Å². The molecule has 1 aromatic heterocycles. The van der Waals surface area contributed by atoms with Gasteiger partial charge in [-0.2, -0.15) is 13.2 Å². The van der Waals surface area contributed by atoms with Crippen LogP contribution in [0.4, 0.5) is 13.2 Å². The van der Waals surface area contributed by atoms with E-state index in [0.717, 1.165) is 17.7 Å². The lowest BCUT2D eigenvalue weighted by Crippen LogP contribution is -2.24. The summed E-state index contributed by atoms with van der Waals surface area (Å²) in [4.78, 5) is 23.6. The second kappa shape index (κ2) is 6.95. The molecule has 0 saturated carbocycles. The fraction of sp³-hybridized carbons (Fsp3) is 0.250. The number of Topliss-reactive ketones (excluding diaryl/α,β-unsaturated/α-hetero) is 1. The minimum Gasteiger partial charge on any atom is -0.352 e. The van der Waals surface area contributed by atoms with Gasteiger partial charge in [0, 0.05) is 6.54 Å². The molecule has 23 heavy (non-hydrogen) atoms. The smallest absolute Gasteiger partial charge is 0.352 e. The number of nitrogens with one attached hydrogen (secondary N) is 1. The minimum atomic E-state index is -4.37. The zero-order chi connectivity index (χ0) is 17.0. The first-order valence-corrected chi connectivity index (χ1v) is 7.65. The summed E-state index contributed by atoms with van der Waals surface area (Å²) in [6.07, 6.45) is -4.24. The fourth-order valence-corrected chi connectivity index (χ4v) is 2.73. The molecule has 1 heterocycles. The molecular formula is C16H14F3NO2S. The summed E-state index contributed by atoms with van der Waals surface area (Å²) in [6, 6.07) is 6.31. The van der Waals surface area contributed by atoms with Crippen LogP contribution in [0.15, 0.2) is 35.7 Å². The first-order chi connectivity index (χ1) is 10.8. The van der Waals surface area contributed by atoms with Crippen LogP contribution in [0.1, 0.15) is 33.3 Å². The Bertz CT molecular complexity index is 705. The molecule has 1 amide bonds. The van der Waals surface area contributed by atoms with Crippen molar-refractivity contribution in [3.63, 3.8) is 0 Å². The molecule has 0 aliphatic rings. The Hall–Kier alpha value is -2.15. The maximum atomic E-state index is 12.4. The van der Waals surface area contributed by atoms with Crippen LogP contribution in [0.5, 0.6) is 0 Å². The van der Waals surface area contributed by atoms with Crippen molar-refractivity contribution in [2.45, 2.75) is 26.1 Å². The molecule has 0 fully saturated rings. The first-order valence-electron chi connectivity index (χ1n) is 6.77. The molecule has 0 saturated heterocycles. The maximum absolute atomic E-state index is 12.4. The molecule has 2 rings (SSSR count). The van der Waals surface area contributed by atoms with Crippen LogP contribution in [0, 0.1) is 0 Å². The van der Waals surface area contributed by atoms with Gasteiger partial charge < -0.3 is 5.32 Å². The normalized spacial score (nSPS) is 11.3. The van der Waals surface area contributed by atoms with Crippen molar-refractivity contribution in [3.8, 4) is 0 Å². The topological polar surface area (TPSA) is 46.2 Å². The second-order valence-electron chi connectivity index (χ2n) is 5.02. The highest BCUT2D eigenvalue weighted by Crippen LogP contribution is 2.29. The Balaban J connectivity index is 1.87. The van der Waals surface area contributed by atoms with E-state index in [2.05, 4.69) is 5.32 Å². The Morgan fingerprint density at radius 3 is 2.30 bits per heavy atom. The Kier molecular flexibility index (Phi) is 5.20. The van der Waals surface area contributed by atoms with Gasteiger partial charge in [-0.25, -0.2) is 0 Å². The lowest BCUT2D eigenvalue weighted by atomic mass is 10.1. The van der Waals surface area contributed by atoms with Crippen molar-refractivity contribution in [3.05, 3.63) is 57.3 Å². The standard InChI is InChI=1S/C16H14F3NO2S/c1-10(21)14-6-12(9-23-14)7-15(22)20-8-11-2-4-13(5-3-11)16(17,18)19/h2-6,9H,7-8H2,1H3,(H,20,22). The molecule has 0 bridgehead atoms. The van der Waals surface area contributed by atoms with Gasteiger partial charge in [0.1, 0.15) is 0 Å². The van der Waals surface area contributed by atoms with Crippen molar-refractivity contribution in [1.29, 1.82) is 0 Å². The number of thiophene rings is 1. The molecule has 0 aliphatic carbocycles. The molecular weight excluding hydrogens is 327 g/mol. The molecule has 122 valence electrons. The van der Waals surface area contributed by atoms with Gasteiger partial charge >= 0.3 is 6.18 Å². The van der Waals surface area contributed by atoms with E-state index in [1.54, 1.807) is 11.4 Å². The van der Waals surface area contributed by atoms with Crippen LogP contribution in [0.2, 0.25) is 0 Å². The van der Waals surface area contributed by atoms with Crippen molar-refractivity contribution in [2.75, 3.05) is 0 Å². The molecule has 0 unspecified atom stereocenters. The Labute approximate surface area is 135 Å². The predicted octanol–water partition coefficient (Wildman–Crippen LogP) is 3.83. The van der Waals surface area contributed by atoms with E-state index in [-0.39, 0.29) is 24.7 Å². The van der Waals surface area contributed by atoms with Gasteiger partial charge in [0.25, 0.3) is 0 Å². The van der Waals surface area contributed by atoms with E-state index < -0.39 is 11.7 Å². The molecule has 1 aromatic carbocycles. The lowest BCUT2D eigenvalue weighted by molar-refractivity contribution is -0.137. The minimum absolute atomic E-state index is 0.0496. The number of hydrogen-bond acceptors (Lipinski definition) is 3. The number of rotatable bonds is 5. The number of carbonyl (C=O) groups is 2. The van der Waals surface area contributed by atoms with E-state index in [1.165, 1.54) is 30.4 Å². The zero-order valence-corrected chi connectivity index (χ0v) is 13.1. The Morgan fingerprint density at radius 1 is 1.13 bits per heavy atom. The molecule has 0 aliphatic heterocycles. The summed E-state index contributed by atoms with van der Waals surface area (Å²) in [7, 11) is 0. The van der Waals surface area contributed by atoms with Crippen molar-refractivity contribution < 1.29 is 22.8 Å². The number of alkyl halides is 3. The van der Waals surface area contributed by atoms with Crippen LogP contribution in [0.25, 0.3) is 0 Å². The van der Waals surface area contributed by atoms with Crippen LogP contribution in [0.3, 0.4) is 0 Å². The molecule has 0 radical (unpaired) electrons. The SMILES string of the molecule is CC(=O)c1cc(CC(=O)NCc2ccc(C(F)(F)F)cc2)cs1. The molecule has 3 nitrogen and oxygen atoms in total. The molecule has 0 atom stereocenters. The number of benzene rings is 1. The number of hydrogen-bond donors (Lipinski definition) is 1. The van der Waals surface area contributed by atoms with Crippen LogP contribution >= 0.6 is 11.3 Å². The van der Waals surface area contributed by atoms with Gasteiger partial charge in [0.2, 0.25) is 5.91 Å². The van der Waals surface area contributed by atoms with Crippen molar-refractivity contribution in [2.24, 2.45) is 0 Å². The third kappa shape index (κ3) is 4.92. The highest BCUT2D eigenvalue weighted by Gasteiger charge is 2.29. The predicted molar refractivity (Wildman–Crippen MR) is 81.3 cm³/mol. The summed E-state index contributed by atoms with van der Waals surface area (Å²) in [5.74, 6) is -0.302. The Morgan fingerprint density at radius 2 is 1.78 bits per heavy atom. The maximum Gasteiger partial charge on any atom is 0.416 e. The summed E-state index contributed by atoms with van der Waals surface area (Å²) >= 11 is 1.28. The second-order valence-corrected chi connectivity index (χ2v) is 5.93. The van der Waals surface area contributed by atoms with E-state index in [0.29, 0.717) is 10.4 Å². The fourth-order valence-electron chi connectivity index (χ4n) is 1.91. The third-order valence-electron chi connectivity index (χ3n) is 3.14. The monoisotopic (exact) mass is 341 g/mol. The lowest BCUT2D eigenvalue weighted by Gasteiger charge is -2.08. The van der Waals surface area contributed by atoms with E-state index in [4.69, 9.17) is 0 Å². The molecule has 1 N–H and O–H groups in total. The summed E-state index contributed by atoms with van der Waals surface area (Å²) in [5, 5.41) is 4.39. The van der Waals surface area contributed by atoms with Gasteiger partial charge in [-0.3, -0.25) is 9.59 Å². The average molecular weight is 341 g/mol. The van der Waals surface area contributed by atoms with Crippen molar-refractivity contribution in [1.82, 2.24) is 5.32 Å². The number of halogens is 3. The number of amides is 1. The van der Waals surface area contributed by atoms with E-state index >= 15 is 0 Å². The van der Waals surface area contributed by atoms with Gasteiger partial charge in [0.15, 0.2) is 5.78 Å². The van der Waals surface area contributed by atoms with Gasteiger partial charge in [0.05, 0.1) is 16.9 Å². The first kappa shape index (κ1) is 17.2. The third-order valence-corrected chi connectivity index (χ3v) is 4.22. The van der Waals surface area contributed by atoms with Crippen LogP contribution in [-0.2, 0) is 23.9 Å². The summed E-state index contributed by atoms with van der Waals surface area (Å²) < 4.78 is 37.3. The summed E-state index contributed by atoms with van der Waals surface area (Å²) in [5.41, 5.74) is 0.605. The highest BCUT2D eigenvalue weighted by molar-refractivity contribution is 7.12. The van der Waals surface area contributed by atoms with Gasteiger partial charge in [-0.1, -0.05) is 12.1 Å². The molecule has 7 heteroatoms. The van der Waals surface area contributed by atoms with Crippen LogP contribution < -0.4 is 5.32 Å². The van der Waals surface area contributed by atoms with Crippen LogP contribution in [-0.4, -0.2) is 11.7 Å².